The fourth-order valence-corrected chi connectivity index (χ4v) is 2.56. The molecule has 3 aromatic rings. The molecule has 154 valence electrons. The zero-order valence-corrected chi connectivity index (χ0v) is 17.5. The van der Waals surface area contributed by atoms with Crippen LogP contribution in [0.5, 0.6) is 17.2 Å². The molecular weight excluding hydrogens is 368 g/mol. The summed E-state index contributed by atoms with van der Waals surface area (Å²) in [6.07, 6.45) is 4.58. The number of benzene rings is 2. The Balaban J connectivity index is 0.000000941. The van der Waals surface area contributed by atoms with E-state index in [4.69, 9.17) is 19.9 Å². The maximum atomic E-state index is 5.85. The van der Waals surface area contributed by atoms with Crippen LogP contribution < -0.4 is 25.3 Å². The maximum Gasteiger partial charge on any atom is 0.203 e. The number of methoxy groups -OCH3 is 3. The van der Waals surface area contributed by atoms with Gasteiger partial charge in [0.1, 0.15) is 5.82 Å². The lowest BCUT2D eigenvalue weighted by molar-refractivity contribution is 0.324. The summed E-state index contributed by atoms with van der Waals surface area (Å²) in [6, 6.07) is 11.1. The quantitative estimate of drug-likeness (QED) is 0.572. The molecule has 3 rings (SSSR count). The molecule has 29 heavy (non-hydrogen) atoms. The highest BCUT2D eigenvalue weighted by Gasteiger charge is 2.13. The van der Waals surface area contributed by atoms with Gasteiger partial charge in [0.05, 0.1) is 39.4 Å². The van der Waals surface area contributed by atoms with Gasteiger partial charge < -0.3 is 25.3 Å². The van der Waals surface area contributed by atoms with E-state index < -0.39 is 0 Å². The molecule has 0 amide bonds. The van der Waals surface area contributed by atoms with Gasteiger partial charge in [0, 0.05) is 29.1 Å². The van der Waals surface area contributed by atoms with Crippen molar-refractivity contribution < 1.29 is 14.2 Å². The minimum Gasteiger partial charge on any atom is -0.493 e. The van der Waals surface area contributed by atoms with Crippen molar-refractivity contribution in [3.8, 4) is 28.5 Å². The van der Waals surface area contributed by atoms with Gasteiger partial charge in [0.15, 0.2) is 11.5 Å². The van der Waals surface area contributed by atoms with Crippen molar-refractivity contribution in [3.05, 3.63) is 48.8 Å². The average Bonchev–Trinajstić information content (AvgIpc) is 2.73. The van der Waals surface area contributed by atoms with E-state index in [1.54, 1.807) is 45.9 Å². The molecule has 3 N–H and O–H groups in total. The summed E-state index contributed by atoms with van der Waals surface area (Å²) in [7, 11) is 4.70. The second-order valence-corrected chi connectivity index (χ2v) is 6.16. The Hall–Kier alpha value is -3.48. The molecule has 0 saturated carbocycles. The van der Waals surface area contributed by atoms with Crippen molar-refractivity contribution in [2.45, 2.75) is 20.3 Å². The van der Waals surface area contributed by atoms with Crippen LogP contribution in [0.3, 0.4) is 0 Å². The highest BCUT2D eigenvalue weighted by molar-refractivity contribution is 5.69. The number of ether oxygens (including phenoxy) is 3. The predicted molar refractivity (Wildman–Crippen MR) is 117 cm³/mol. The van der Waals surface area contributed by atoms with E-state index in [0.717, 1.165) is 16.9 Å². The van der Waals surface area contributed by atoms with Crippen LogP contribution in [0.1, 0.15) is 20.3 Å². The van der Waals surface area contributed by atoms with E-state index in [2.05, 4.69) is 29.1 Å². The average molecular weight is 396 g/mol. The Morgan fingerprint density at radius 1 is 0.931 bits per heavy atom. The predicted octanol–water partition coefficient (Wildman–Crippen LogP) is 4.91. The molecule has 1 heterocycles. The molecule has 1 aromatic heterocycles. The Bertz CT molecular complexity index is 906. The second kappa shape index (κ2) is 10.8. The van der Waals surface area contributed by atoms with Gasteiger partial charge in [-0.3, -0.25) is 4.98 Å². The van der Waals surface area contributed by atoms with Crippen molar-refractivity contribution in [2.24, 2.45) is 0 Å². The van der Waals surface area contributed by atoms with Gasteiger partial charge in [-0.15, -0.1) is 0 Å². The molecule has 0 fully saturated rings. The zero-order chi connectivity index (χ0) is 21.2. The van der Waals surface area contributed by atoms with Crippen molar-refractivity contribution in [1.29, 1.82) is 0 Å². The topological polar surface area (TPSA) is 91.5 Å². The van der Waals surface area contributed by atoms with Crippen LogP contribution in [0, 0.1) is 0 Å². The summed E-state index contributed by atoms with van der Waals surface area (Å²) >= 11 is 0. The highest BCUT2D eigenvalue weighted by atomic mass is 16.5. The molecule has 7 nitrogen and oxygen atoms in total. The molecule has 0 aliphatic carbocycles. The fraction of sp³-hybridized carbons (Fsp3) is 0.273. The number of nitrogens with two attached hydrogens (primary N) is 1. The molecule has 0 aliphatic heterocycles. The maximum absolute atomic E-state index is 5.85. The molecule has 2 aromatic carbocycles. The molecule has 0 bridgehead atoms. The van der Waals surface area contributed by atoms with Gasteiger partial charge in [-0.05, 0) is 12.1 Å². The number of nitrogens with zero attached hydrogens (tertiary/aromatic N) is 2. The van der Waals surface area contributed by atoms with Crippen LogP contribution in [0.15, 0.2) is 48.8 Å². The van der Waals surface area contributed by atoms with Gasteiger partial charge in [0.2, 0.25) is 5.75 Å². The van der Waals surface area contributed by atoms with Crippen LogP contribution >= 0.6 is 0 Å². The monoisotopic (exact) mass is 396 g/mol. The van der Waals surface area contributed by atoms with Gasteiger partial charge in [0.25, 0.3) is 0 Å². The van der Waals surface area contributed by atoms with Crippen LogP contribution in [-0.4, -0.2) is 31.3 Å². The molecule has 0 saturated heterocycles. The molecule has 0 spiro atoms. The summed E-state index contributed by atoms with van der Waals surface area (Å²) in [5, 5.41) is 3.21. The molecular formula is C22H28N4O3. The summed E-state index contributed by atoms with van der Waals surface area (Å²) in [5.74, 6) is 2.21. The van der Waals surface area contributed by atoms with E-state index in [0.29, 0.717) is 28.8 Å². The fourth-order valence-electron chi connectivity index (χ4n) is 2.56. The lowest BCUT2D eigenvalue weighted by atomic mass is 10.1. The third-order valence-electron chi connectivity index (χ3n) is 3.75. The smallest absolute Gasteiger partial charge is 0.203 e. The van der Waals surface area contributed by atoms with E-state index in [1.807, 2.05) is 24.3 Å². The van der Waals surface area contributed by atoms with Crippen LogP contribution in [0.25, 0.3) is 11.3 Å². The minimum atomic E-state index is 0.528. The molecule has 0 atom stereocenters. The summed E-state index contributed by atoms with van der Waals surface area (Å²) in [6.45, 7) is 4.25. The van der Waals surface area contributed by atoms with E-state index in [9.17, 15) is 0 Å². The van der Waals surface area contributed by atoms with Crippen molar-refractivity contribution >= 4 is 17.2 Å². The van der Waals surface area contributed by atoms with Crippen molar-refractivity contribution in [1.82, 2.24) is 9.97 Å². The van der Waals surface area contributed by atoms with Gasteiger partial charge in [-0.2, -0.15) is 0 Å². The van der Waals surface area contributed by atoms with E-state index >= 15 is 0 Å². The van der Waals surface area contributed by atoms with Crippen molar-refractivity contribution in [3.63, 3.8) is 0 Å². The molecule has 0 aliphatic rings. The first-order valence-corrected chi connectivity index (χ1v) is 9.31. The number of hydrogen-bond donors (Lipinski definition) is 2. The third-order valence-corrected chi connectivity index (χ3v) is 3.75. The molecule has 7 heteroatoms. The van der Waals surface area contributed by atoms with Gasteiger partial charge in [-0.25, -0.2) is 4.98 Å². The van der Waals surface area contributed by atoms with Gasteiger partial charge in [-0.1, -0.05) is 32.4 Å². The van der Waals surface area contributed by atoms with E-state index in [-0.39, 0.29) is 0 Å². The Labute approximate surface area is 171 Å². The van der Waals surface area contributed by atoms with Crippen LogP contribution in [0.4, 0.5) is 17.2 Å². The minimum absolute atomic E-state index is 0.528. The zero-order valence-electron chi connectivity index (χ0n) is 17.5. The third kappa shape index (κ3) is 5.75. The van der Waals surface area contributed by atoms with Crippen LogP contribution in [-0.2, 0) is 0 Å². The summed E-state index contributed by atoms with van der Waals surface area (Å²) in [4.78, 5) is 8.84. The van der Waals surface area contributed by atoms with Crippen molar-refractivity contribution in [2.75, 3.05) is 32.4 Å². The van der Waals surface area contributed by atoms with E-state index in [1.165, 1.54) is 6.42 Å². The Morgan fingerprint density at radius 3 is 2.14 bits per heavy atom. The molecule has 0 unspecified atom stereocenters. The second-order valence-electron chi connectivity index (χ2n) is 6.16. The lowest BCUT2D eigenvalue weighted by Gasteiger charge is -2.15. The first kappa shape index (κ1) is 21.8. The number of nitrogen functional groups attached to an aromatic ring is 1. The first-order valence-electron chi connectivity index (χ1n) is 9.31. The summed E-state index contributed by atoms with van der Waals surface area (Å²) < 4.78 is 16.1. The normalized spacial score (nSPS) is 9.83. The summed E-state index contributed by atoms with van der Waals surface area (Å²) in [5.41, 5.74) is 8.87. The SMILES string of the molecule is CCC.COc1cc(Nc2cncc(-c3cccc(N)c3)n2)cc(OC)c1OC. The number of rotatable bonds is 6. The van der Waals surface area contributed by atoms with Crippen LogP contribution in [0.2, 0.25) is 0 Å². The number of anilines is 3. The Morgan fingerprint density at radius 2 is 1.59 bits per heavy atom. The first-order chi connectivity index (χ1) is 14.1. The number of aromatic nitrogens is 2. The molecule has 0 radical (unpaired) electrons. The number of hydrogen-bond acceptors (Lipinski definition) is 7. The Kier molecular flexibility index (Phi) is 8.09. The highest BCUT2D eigenvalue weighted by Crippen LogP contribution is 2.40. The standard InChI is InChI=1S/C19H20N4O3.C3H8/c1-24-16-8-14(9-17(25-2)19(16)26-3)22-18-11-21-10-15(23-18)12-5-4-6-13(20)7-12;1-3-2/h4-11H,20H2,1-3H3,(H,22,23);3H2,1-2H3. The largest absolute Gasteiger partial charge is 0.493 e. The number of nitrogens with one attached hydrogen (secondary N) is 1. The van der Waals surface area contributed by atoms with Gasteiger partial charge >= 0.3 is 0 Å². The lowest BCUT2D eigenvalue weighted by Crippen LogP contribution is -2.00.